The third-order valence-corrected chi connectivity index (χ3v) is 12.0. The molecule has 356 valence electrons. The van der Waals surface area contributed by atoms with Gasteiger partial charge in [-0.2, -0.15) is 0 Å². The maximum Gasteiger partial charge on any atom is 0.472 e. The summed E-state index contributed by atoms with van der Waals surface area (Å²) in [6.45, 7) is 4.11. The number of amides is 1. The molecule has 5 N–H and O–H groups in total. The van der Waals surface area contributed by atoms with Gasteiger partial charge in [-0.25, -0.2) is 4.57 Å². The minimum Gasteiger partial charge on any atom is -0.387 e. The molecule has 0 fully saturated rings. The largest absolute Gasteiger partial charge is 0.472 e. The van der Waals surface area contributed by atoms with Crippen molar-refractivity contribution in [3.8, 4) is 0 Å². The summed E-state index contributed by atoms with van der Waals surface area (Å²) in [4.78, 5) is 22.8. The van der Waals surface area contributed by atoms with Gasteiger partial charge in [0.05, 0.1) is 25.4 Å². The number of unbranched alkanes of at least 4 members (excludes halogenated alkanes) is 27. The predicted octanol–water partition coefficient (Wildman–Crippen LogP) is 15.0. The van der Waals surface area contributed by atoms with Gasteiger partial charge in [0, 0.05) is 13.0 Å². The third-order valence-electron chi connectivity index (χ3n) is 11.1. The molecular formula is C52H97N2O6P. The Balaban J connectivity index is 4.18. The minimum atomic E-state index is -4.36. The molecule has 61 heavy (non-hydrogen) atoms. The van der Waals surface area contributed by atoms with Gasteiger partial charge in [-0.3, -0.25) is 13.8 Å². The number of rotatable bonds is 47. The predicted molar refractivity (Wildman–Crippen MR) is 263 cm³/mol. The summed E-state index contributed by atoms with van der Waals surface area (Å²) >= 11 is 0. The number of hydrogen-bond acceptors (Lipinski definition) is 6. The van der Waals surface area contributed by atoms with Crippen molar-refractivity contribution in [1.29, 1.82) is 0 Å². The molecule has 0 aliphatic heterocycles. The second kappa shape index (κ2) is 47.7. The Morgan fingerprint density at radius 1 is 0.541 bits per heavy atom. The molecule has 0 aromatic carbocycles. The number of allylic oxidation sites excluding steroid dienone is 9. The lowest BCUT2D eigenvalue weighted by atomic mass is 10.0. The molecule has 0 saturated carbocycles. The average Bonchev–Trinajstić information content (AvgIpc) is 3.25. The Bertz CT molecular complexity index is 1140. The van der Waals surface area contributed by atoms with Crippen molar-refractivity contribution in [3.05, 3.63) is 60.8 Å². The minimum absolute atomic E-state index is 0.0706. The van der Waals surface area contributed by atoms with Crippen molar-refractivity contribution in [2.75, 3.05) is 19.8 Å². The normalized spacial score (nSPS) is 14.4. The number of nitrogens with two attached hydrogens (primary N) is 1. The van der Waals surface area contributed by atoms with Gasteiger partial charge < -0.3 is 21.1 Å². The van der Waals surface area contributed by atoms with Crippen LogP contribution in [0, 0.1) is 0 Å². The van der Waals surface area contributed by atoms with E-state index < -0.39 is 20.0 Å². The second-order valence-corrected chi connectivity index (χ2v) is 18.5. The number of nitrogens with one attached hydrogen (secondary N) is 1. The Morgan fingerprint density at radius 2 is 0.918 bits per heavy atom. The van der Waals surface area contributed by atoms with Crippen molar-refractivity contribution >= 4 is 13.7 Å². The molecule has 0 bridgehead atoms. The van der Waals surface area contributed by atoms with Crippen LogP contribution < -0.4 is 11.1 Å². The van der Waals surface area contributed by atoms with E-state index in [1.165, 1.54) is 154 Å². The van der Waals surface area contributed by atoms with Gasteiger partial charge in [0.15, 0.2) is 0 Å². The van der Waals surface area contributed by atoms with Crippen LogP contribution in [-0.4, -0.2) is 47.8 Å². The highest BCUT2D eigenvalue weighted by Gasteiger charge is 2.26. The summed E-state index contributed by atoms with van der Waals surface area (Å²) < 4.78 is 22.2. The van der Waals surface area contributed by atoms with Gasteiger partial charge in [-0.15, -0.1) is 0 Å². The van der Waals surface area contributed by atoms with Gasteiger partial charge in [0.2, 0.25) is 5.91 Å². The molecular weight excluding hydrogens is 780 g/mol. The van der Waals surface area contributed by atoms with Crippen LogP contribution >= 0.6 is 7.82 Å². The fraction of sp³-hybridized carbons (Fsp3) is 0.788. The van der Waals surface area contributed by atoms with Crippen LogP contribution in [0.25, 0.3) is 0 Å². The van der Waals surface area contributed by atoms with Crippen LogP contribution in [0.15, 0.2) is 60.8 Å². The molecule has 0 aromatic rings. The number of hydrogen-bond donors (Lipinski definition) is 4. The summed E-state index contributed by atoms with van der Waals surface area (Å²) in [7, 11) is -4.36. The first-order valence-corrected chi connectivity index (χ1v) is 26.9. The zero-order valence-corrected chi connectivity index (χ0v) is 40.5. The van der Waals surface area contributed by atoms with Crippen LogP contribution in [0.3, 0.4) is 0 Å². The number of carbonyl (C=O) groups is 1. The van der Waals surface area contributed by atoms with E-state index >= 15 is 0 Å². The van der Waals surface area contributed by atoms with E-state index in [1.54, 1.807) is 6.08 Å². The van der Waals surface area contributed by atoms with Crippen LogP contribution in [0.4, 0.5) is 0 Å². The monoisotopic (exact) mass is 877 g/mol. The maximum absolute atomic E-state index is 12.8. The van der Waals surface area contributed by atoms with Gasteiger partial charge in [-0.1, -0.05) is 216 Å². The Kier molecular flexibility index (Phi) is 46.3. The molecule has 0 saturated heterocycles. The fourth-order valence-electron chi connectivity index (χ4n) is 7.21. The number of aliphatic hydroxyl groups is 1. The van der Waals surface area contributed by atoms with E-state index in [1.807, 2.05) is 6.08 Å². The van der Waals surface area contributed by atoms with Crippen LogP contribution in [0.5, 0.6) is 0 Å². The van der Waals surface area contributed by atoms with E-state index in [-0.39, 0.29) is 25.7 Å². The zero-order valence-electron chi connectivity index (χ0n) is 39.6. The highest BCUT2D eigenvalue weighted by Crippen LogP contribution is 2.43. The van der Waals surface area contributed by atoms with Crippen molar-refractivity contribution in [3.63, 3.8) is 0 Å². The maximum atomic E-state index is 12.8. The lowest BCUT2D eigenvalue weighted by molar-refractivity contribution is -0.123. The standard InChI is InChI=1S/C52H97N2O6P/c1-3-5-7-9-11-13-15-17-19-21-23-24-25-26-28-30-32-34-36-38-40-42-44-46-52(56)54-50(49-60-61(57,58)59-48-47-53)51(55)45-43-41-39-37-35-33-31-29-27-22-20-18-16-14-12-10-8-6-4-2/h15,17,21,23,25-26,35,37,43,45,50-51,55H,3-14,16,18-20,22,24,27-34,36,38-42,44,46-49,53H2,1-2H3,(H,54,56)(H,57,58)/b17-15-,23-21-,26-25-,37-35+,45-43+. The summed E-state index contributed by atoms with van der Waals surface area (Å²) in [6.07, 6.45) is 61.4. The SMILES string of the molecule is CCCCCCC/C=C\C/C=C\C/C=C\CCCCCCCCCCC(=O)NC(COP(=O)(O)OCCN)C(O)/C=C/CC/C=C/CCCCCCCCCCCCCCC. The average molecular weight is 877 g/mol. The van der Waals surface area contributed by atoms with Gasteiger partial charge in [0.1, 0.15) is 0 Å². The van der Waals surface area contributed by atoms with Crippen LogP contribution in [-0.2, 0) is 18.4 Å². The van der Waals surface area contributed by atoms with E-state index in [0.717, 1.165) is 57.8 Å². The molecule has 8 nitrogen and oxygen atoms in total. The number of carbonyl (C=O) groups excluding carboxylic acids is 1. The third kappa shape index (κ3) is 46.0. The van der Waals surface area contributed by atoms with E-state index in [9.17, 15) is 19.4 Å². The van der Waals surface area contributed by atoms with Gasteiger partial charge in [0.25, 0.3) is 0 Å². The first-order chi connectivity index (χ1) is 29.9. The van der Waals surface area contributed by atoms with Gasteiger partial charge in [-0.05, 0) is 70.6 Å². The van der Waals surface area contributed by atoms with E-state index in [4.69, 9.17) is 14.8 Å². The topological polar surface area (TPSA) is 131 Å². The fourth-order valence-corrected chi connectivity index (χ4v) is 7.97. The quantitative estimate of drug-likeness (QED) is 0.0272. The van der Waals surface area contributed by atoms with Crippen molar-refractivity contribution in [2.45, 2.75) is 244 Å². The molecule has 0 aromatic heterocycles. The molecule has 0 heterocycles. The summed E-state index contributed by atoms with van der Waals surface area (Å²) in [5.41, 5.74) is 5.39. The summed E-state index contributed by atoms with van der Waals surface area (Å²) in [5.74, 6) is -0.211. The van der Waals surface area contributed by atoms with Crippen molar-refractivity contribution < 1.29 is 28.4 Å². The number of phosphoric acid groups is 1. The summed E-state index contributed by atoms with van der Waals surface area (Å²) in [6, 6.07) is -0.884. The zero-order chi connectivity index (χ0) is 44.6. The Labute approximate surface area is 376 Å². The highest BCUT2D eigenvalue weighted by atomic mass is 31.2. The highest BCUT2D eigenvalue weighted by molar-refractivity contribution is 7.47. The van der Waals surface area contributed by atoms with E-state index in [2.05, 4.69) is 67.8 Å². The number of aliphatic hydroxyl groups excluding tert-OH is 1. The molecule has 0 radical (unpaired) electrons. The lowest BCUT2D eigenvalue weighted by Gasteiger charge is -2.23. The summed E-state index contributed by atoms with van der Waals surface area (Å²) in [5, 5.41) is 13.7. The molecule has 0 aliphatic carbocycles. The molecule has 3 atom stereocenters. The first-order valence-electron chi connectivity index (χ1n) is 25.4. The van der Waals surface area contributed by atoms with Gasteiger partial charge >= 0.3 is 7.82 Å². The van der Waals surface area contributed by atoms with E-state index in [0.29, 0.717) is 6.42 Å². The molecule has 9 heteroatoms. The molecule has 3 unspecified atom stereocenters. The molecule has 0 aliphatic rings. The smallest absolute Gasteiger partial charge is 0.387 e. The lowest BCUT2D eigenvalue weighted by Crippen LogP contribution is -2.45. The number of phosphoric ester groups is 1. The Morgan fingerprint density at radius 3 is 1.38 bits per heavy atom. The second-order valence-electron chi connectivity index (χ2n) is 17.0. The van der Waals surface area contributed by atoms with Crippen molar-refractivity contribution in [1.82, 2.24) is 5.32 Å². The first kappa shape index (κ1) is 59.2. The Hall–Kier alpha value is -1.80. The van der Waals surface area contributed by atoms with Crippen molar-refractivity contribution in [2.24, 2.45) is 5.73 Å². The van der Waals surface area contributed by atoms with Crippen LogP contribution in [0.1, 0.15) is 232 Å². The molecule has 0 spiro atoms. The van der Waals surface area contributed by atoms with Crippen LogP contribution in [0.2, 0.25) is 0 Å². The molecule has 0 rings (SSSR count). The molecule has 1 amide bonds.